The lowest BCUT2D eigenvalue weighted by atomic mass is 10.1. The summed E-state index contributed by atoms with van der Waals surface area (Å²) in [5, 5.41) is 0. The second kappa shape index (κ2) is 6.43. The molecule has 5 heteroatoms. The first-order valence-electron chi connectivity index (χ1n) is 6.65. The van der Waals surface area contributed by atoms with E-state index in [0.29, 0.717) is 25.5 Å². The molecule has 1 saturated heterocycles. The van der Waals surface area contributed by atoms with Gasteiger partial charge in [0, 0.05) is 12.5 Å². The van der Waals surface area contributed by atoms with E-state index in [1.807, 2.05) is 31.2 Å². The molecule has 2 rings (SSSR count). The number of nitrogens with zero attached hydrogens (tertiary/aromatic N) is 1. The number of hydrogen-bond acceptors (Lipinski definition) is 4. The van der Waals surface area contributed by atoms with Crippen molar-refractivity contribution in [2.45, 2.75) is 25.8 Å². The predicted molar refractivity (Wildman–Crippen MR) is 73.5 cm³/mol. The van der Waals surface area contributed by atoms with E-state index in [2.05, 4.69) is 0 Å². The van der Waals surface area contributed by atoms with Gasteiger partial charge in [-0.25, -0.2) is 4.79 Å². The largest absolute Gasteiger partial charge is 0.492 e. The first-order valence-corrected chi connectivity index (χ1v) is 6.65. The van der Waals surface area contributed by atoms with Gasteiger partial charge >= 0.3 is 6.09 Å². The fraction of sp³-hybridized carbons (Fsp3) is 0.500. The van der Waals surface area contributed by atoms with Crippen molar-refractivity contribution < 1.29 is 14.3 Å². The van der Waals surface area contributed by atoms with Crippen LogP contribution in [-0.4, -0.2) is 31.9 Å². The minimum atomic E-state index is -0.322. The summed E-state index contributed by atoms with van der Waals surface area (Å²) in [6.45, 7) is 3.48. The number of anilines is 1. The Morgan fingerprint density at radius 2 is 2.26 bits per heavy atom. The molecule has 1 atom stereocenters. The lowest BCUT2D eigenvalue weighted by Gasteiger charge is -2.35. The van der Waals surface area contributed by atoms with Gasteiger partial charge in [-0.2, -0.15) is 0 Å². The number of hydrogen-bond donors (Lipinski definition) is 1. The van der Waals surface area contributed by atoms with Crippen molar-refractivity contribution in [2.24, 2.45) is 5.73 Å². The number of ether oxygens (including phenoxy) is 2. The lowest BCUT2D eigenvalue weighted by molar-refractivity contribution is 0.128. The van der Waals surface area contributed by atoms with Gasteiger partial charge in [0.25, 0.3) is 0 Å². The number of carbonyl (C=O) groups is 1. The Balaban J connectivity index is 2.32. The summed E-state index contributed by atoms with van der Waals surface area (Å²) in [5.41, 5.74) is 6.39. The second-order valence-electron chi connectivity index (χ2n) is 4.40. The minimum Gasteiger partial charge on any atom is -0.492 e. The number of nitrogens with two attached hydrogens (primary N) is 1. The van der Waals surface area contributed by atoms with Crippen molar-refractivity contribution in [1.82, 2.24) is 0 Å². The number of rotatable bonds is 5. The van der Waals surface area contributed by atoms with Crippen LogP contribution in [0.5, 0.6) is 5.75 Å². The molecule has 1 unspecified atom stereocenters. The SMILES string of the molecule is CCOc1ccccc1N1C(=O)OCCC1CCN. The Morgan fingerprint density at radius 3 is 3.00 bits per heavy atom. The summed E-state index contributed by atoms with van der Waals surface area (Å²) in [6.07, 6.45) is 1.23. The standard InChI is InChI=1S/C14H20N2O3/c1-2-18-13-6-4-3-5-12(13)16-11(7-9-15)8-10-19-14(16)17/h3-6,11H,2,7-10,15H2,1H3. The maximum absolute atomic E-state index is 12.0. The van der Waals surface area contributed by atoms with Gasteiger partial charge in [0.05, 0.1) is 18.9 Å². The summed E-state index contributed by atoms with van der Waals surface area (Å²) < 4.78 is 10.7. The summed E-state index contributed by atoms with van der Waals surface area (Å²) >= 11 is 0. The first kappa shape index (κ1) is 13.7. The zero-order valence-corrected chi connectivity index (χ0v) is 11.2. The average Bonchev–Trinajstić information content (AvgIpc) is 2.41. The molecule has 5 nitrogen and oxygen atoms in total. The van der Waals surface area contributed by atoms with Crippen LogP contribution in [0.3, 0.4) is 0 Å². The van der Waals surface area contributed by atoms with E-state index in [0.717, 1.165) is 18.5 Å². The Hall–Kier alpha value is -1.75. The van der Waals surface area contributed by atoms with E-state index in [-0.39, 0.29) is 12.1 Å². The Bertz CT molecular complexity index is 434. The number of cyclic esters (lactones) is 1. The van der Waals surface area contributed by atoms with Crippen molar-refractivity contribution in [2.75, 3.05) is 24.7 Å². The first-order chi connectivity index (χ1) is 9.27. The van der Waals surface area contributed by atoms with Gasteiger partial charge in [-0.3, -0.25) is 4.90 Å². The molecule has 0 bridgehead atoms. The molecule has 0 radical (unpaired) electrons. The fourth-order valence-corrected chi connectivity index (χ4v) is 2.32. The maximum atomic E-state index is 12.0. The quantitative estimate of drug-likeness (QED) is 0.885. The van der Waals surface area contributed by atoms with Crippen molar-refractivity contribution in [3.63, 3.8) is 0 Å². The van der Waals surface area contributed by atoms with Crippen LogP contribution in [0.25, 0.3) is 0 Å². The molecule has 1 aliphatic rings. The Labute approximate surface area is 113 Å². The molecular weight excluding hydrogens is 244 g/mol. The Morgan fingerprint density at radius 1 is 1.47 bits per heavy atom. The number of benzene rings is 1. The van der Waals surface area contributed by atoms with Crippen molar-refractivity contribution >= 4 is 11.8 Å². The van der Waals surface area contributed by atoms with Crippen LogP contribution in [0.1, 0.15) is 19.8 Å². The monoisotopic (exact) mass is 264 g/mol. The van der Waals surface area contributed by atoms with Gasteiger partial charge in [0.15, 0.2) is 0 Å². The normalized spacial score (nSPS) is 19.2. The molecule has 2 N–H and O–H groups in total. The molecule has 1 aromatic rings. The predicted octanol–water partition coefficient (Wildman–Crippen LogP) is 2.15. The third-order valence-electron chi connectivity index (χ3n) is 3.16. The number of carbonyl (C=O) groups excluding carboxylic acids is 1. The van der Waals surface area contributed by atoms with E-state index in [1.165, 1.54) is 0 Å². The molecule has 0 aromatic heterocycles. The number of amides is 1. The second-order valence-corrected chi connectivity index (χ2v) is 4.40. The minimum absolute atomic E-state index is 0.0767. The van der Waals surface area contributed by atoms with E-state index < -0.39 is 0 Å². The van der Waals surface area contributed by atoms with E-state index >= 15 is 0 Å². The third-order valence-corrected chi connectivity index (χ3v) is 3.16. The topological polar surface area (TPSA) is 64.8 Å². The smallest absolute Gasteiger partial charge is 0.414 e. The van der Waals surface area contributed by atoms with E-state index in [4.69, 9.17) is 15.2 Å². The molecule has 1 heterocycles. The summed E-state index contributed by atoms with van der Waals surface area (Å²) in [4.78, 5) is 13.7. The van der Waals surface area contributed by atoms with Gasteiger partial charge in [-0.1, -0.05) is 12.1 Å². The highest BCUT2D eigenvalue weighted by molar-refractivity contribution is 5.90. The molecule has 104 valence electrons. The van der Waals surface area contributed by atoms with Crippen molar-refractivity contribution in [1.29, 1.82) is 0 Å². The summed E-state index contributed by atoms with van der Waals surface area (Å²) in [5.74, 6) is 0.700. The van der Waals surface area contributed by atoms with Crippen LogP contribution < -0.4 is 15.4 Å². The highest BCUT2D eigenvalue weighted by Crippen LogP contribution is 2.33. The summed E-state index contributed by atoms with van der Waals surface area (Å²) in [7, 11) is 0. The highest BCUT2D eigenvalue weighted by atomic mass is 16.6. The van der Waals surface area contributed by atoms with Crippen LogP contribution in [0.4, 0.5) is 10.5 Å². The molecule has 19 heavy (non-hydrogen) atoms. The van der Waals surface area contributed by atoms with Crippen LogP contribution in [0.15, 0.2) is 24.3 Å². The Kier molecular flexibility index (Phi) is 4.63. The van der Waals surface area contributed by atoms with Crippen molar-refractivity contribution in [3.8, 4) is 5.75 Å². The van der Waals surface area contributed by atoms with Crippen LogP contribution in [0.2, 0.25) is 0 Å². The molecule has 1 aromatic carbocycles. The molecule has 1 aliphatic heterocycles. The summed E-state index contributed by atoms with van der Waals surface area (Å²) in [6, 6.07) is 7.59. The molecular formula is C14H20N2O3. The molecule has 0 aliphatic carbocycles. The van der Waals surface area contributed by atoms with Gasteiger partial charge in [-0.05, 0) is 32.0 Å². The lowest BCUT2D eigenvalue weighted by Crippen LogP contribution is -2.46. The molecule has 0 saturated carbocycles. The van der Waals surface area contributed by atoms with Gasteiger partial charge in [0.1, 0.15) is 5.75 Å². The zero-order chi connectivity index (χ0) is 13.7. The van der Waals surface area contributed by atoms with Crippen LogP contribution >= 0.6 is 0 Å². The van der Waals surface area contributed by atoms with Gasteiger partial charge in [-0.15, -0.1) is 0 Å². The zero-order valence-electron chi connectivity index (χ0n) is 11.2. The maximum Gasteiger partial charge on any atom is 0.414 e. The third kappa shape index (κ3) is 2.98. The average molecular weight is 264 g/mol. The van der Waals surface area contributed by atoms with E-state index in [1.54, 1.807) is 4.90 Å². The van der Waals surface area contributed by atoms with Gasteiger partial charge in [0.2, 0.25) is 0 Å². The molecule has 0 spiro atoms. The van der Waals surface area contributed by atoms with Crippen molar-refractivity contribution in [3.05, 3.63) is 24.3 Å². The van der Waals surface area contributed by atoms with Crippen LogP contribution in [-0.2, 0) is 4.74 Å². The number of para-hydroxylation sites is 2. The molecule has 1 amide bonds. The molecule has 1 fully saturated rings. The van der Waals surface area contributed by atoms with Crippen LogP contribution in [0, 0.1) is 0 Å². The van der Waals surface area contributed by atoms with Gasteiger partial charge < -0.3 is 15.2 Å². The fourth-order valence-electron chi connectivity index (χ4n) is 2.32. The van der Waals surface area contributed by atoms with E-state index in [9.17, 15) is 4.79 Å². The highest BCUT2D eigenvalue weighted by Gasteiger charge is 2.32.